The summed E-state index contributed by atoms with van der Waals surface area (Å²) in [7, 11) is 4.40. The van der Waals surface area contributed by atoms with Crippen molar-refractivity contribution in [2.75, 3.05) is 0 Å². The molecule has 0 atom stereocenters. The van der Waals surface area contributed by atoms with Crippen LogP contribution >= 0.6 is 0 Å². The number of nitrogens with zero attached hydrogens (tertiary/aromatic N) is 2. The molecule has 0 bridgehead atoms. The van der Waals surface area contributed by atoms with Crippen LogP contribution in [0.25, 0.3) is 65.2 Å². The van der Waals surface area contributed by atoms with E-state index in [0.717, 1.165) is 0 Å². The van der Waals surface area contributed by atoms with Gasteiger partial charge in [-0.25, -0.2) is 0 Å². The van der Waals surface area contributed by atoms with Crippen LogP contribution in [0.2, 0.25) is 0 Å². The van der Waals surface area contributed by atoms with E-state index in [9.17, 15) is 0 Å². The highest BCUT2D eigenvalue weighted by molar-refractivity contribution is 6.24. The van der Waals surface area contributed by atoms with Crippen LogP contribution in [0.3, 0.4) is 0 Å². The highest BCUT2D eigenvalue weighted by Crippen LogP contribution is 2.39. The second kappa shape index (κ2) is 5.43. The summed E-state index contributed by atoms with van der Waals surface area (Å²) in [5.74, 6) is 0. The molecule has 0 saturated heterocycles. The standard InChI is InChI=1S/C28H20N2/c1-29-25-15-24-22-14-12-18-8-4-6-10-20(18)28(22)30(2)26(24)16-23(25)21-13-11-17-7-3-5-9-19(17)27(21)29/h3-16H,1-2H3. The van der Waals surface area contributed by atoms with Gasteiger partial charge in [-0.05, 0) is 22.9 Å². The Balaban J connectivity index is 1.72. The third-order valence-electron chi connectivity index (χ3n) is 6.89. The van der Waals surface area contributed by atoms with Crippen LogP contribution < -0.4 is 0 Å². The number of fused-ring (bicyclic) bond motifs is 10. The summed E-state index contributed by atoms with van der Waals surface area (Å²) < 4.78 is 4.73. The molecular formula is C28H20N2. The number of aromatic nitrogens is 2. The van der Waals surface area contributed by atoms with Crippen LogP contribution in [0.5, 0.6) is 0 Å². The maximum absolute atomic E-state index is 2.39. The summed E-state index contributed by atoms with van der Waals surface area (Å²) in [6, 6.07) is 31.2. The maximum Gasteiger partial charge on any atom is 0.0568 e. The first kappa shape index (κ1) is 16.1. The monoisotopic (exact) mass is 384 g/mol. The van der Waals surface area contributed by atoms with Crippen molar-refractivity contribution in [2.45, 2.75) is 0 Å². The van der Waals surface area contributed by atoms with Gasteiger partial charge in [0.25, 0.3) is 0 Å². The van der Waals surface area contributed by atoms with E-state index in [2.05, 4.69) is 108 Å². The van der Waals surface area contributed by atoms with Gasteiger partial charge in [0, 0.05) is 57.4 Å². The summed E-state index contributed by atoms with van der Waals surface area (Å²) in [5.41, 5.74) is 5.20. The minimum Gasteiger partial charge on any atom is -0.343 e. The number of benzene rings is 5. The summed E-state index contributed by atoms with van der Waals surface area (Å²) in [4.78, 5) is 0. The molecule has 2 heterocycles. The smallest absolute Gasteiger partial charge is 0.0568 e. The Kier molecular flexibility index (Phi) is 2.91. The van der Waals surface area contributed by atoms with Crippen molar-refractivity contribution in [2.24, 2.45) is 14.1 Å². The Morgan fingerprint density at radius 3 is 1.33 bits per heavy atom. The van der Waals surface area contributed by atoms with Crippen molar-refractivity contribution in [3.63, 3.8) is 0 Å². The summed E-state index contributed by atoms with van der Waals surface area (Å²) in [6.45, 7) is 0. The summed E-state index contributed by atoms with van der Waals surface area (Å²) >= 11 is 0. The van der Waals surface area contributed by atoms with E-state index in [4.69, 9.17) is 0 Å². The van der Waals surface area contributed by atoms with E-state index in [-0.39, 0.29) is 0 Å². The predicted octanol–water partition coefficient (Wildman–Crippen LogP) is 7.28. The molecule has 0 aliphatic rings. The minimum atomic E-state index is 1.29. The quantitative estimate of drug-likeness (QED) is 0.260. The molecule has 0 spiro atoms. The third kappa shape index (κ3) is 1.84. The molecule has 0 unspecified atom stereocenters. The van der Waals surface area contributed by atoms with Gasteiger partial charge < -0.3 is 9.13 Å². The molecule has 30 heavy (non-hydrogen) atoms. The Morgan fingerprint density at radius 2 is 0.867 bits per heavy atom. The average molecular weight is 384 g/mol. The van der Waals surface area contributed by atoms with E-state index >= 15 is 0 Å². The lowest BCUT2D eigenvalue weighted by Gasteiger charge is -2.03. The first-order chi connectivity index (χ1) is 14.7. The average Bonchev–Trinajstić information content (AvgIpc) is 3.24. The summed E-state index contributed by atoms with van der Waals surface area (Å²) in [6.07, 6.45) is 0. The fraction of sp³-hybridized carbons (Fsp3) is 0.0714. The first-order valence-corrected chi connectivity index (χ1v) is 10.4. The van der Waals surface area contributed by atoms with Gasteiger partial charge in [0.1, 0.15) is 0 Å². The zero-order chi connectivity index (χ0) is 20.0. The van der Waals surface area contributed by atoms with E-state index in [1.807, 2.05) is 0 Å². The van der Waals surface area contributed by atoms with Gasteiger partial charge in [-0.1, -0.05) is 72.8 Å². The second-order valence-electron chi connectivity index (χ2n) is 8.37. The van der Waals surface area contributed by atoms with Crippen LogP contribution in [0.1, 0.15) is 0 Å². The second-order valence-corrected chi connectivity index (χ2v) is 8.37. The van der Waals surface area contributed by atoms with E-state index < -0.39 is 0 Å². The normalized spacial score (nSPS) is 12.3. The fourth-order valence-corrected chi connectivity index (χ4v) is 5.47. The van der Waals surface area contributed by atoms with Gasteiger partial charge in [0.05, 0.1) is 11.0 Å². The zero-order valence-corrected chi connectivity index (χ0v) is 17.0. The largest absolute Gasteiger partial charge is 0.343 e. The molecule has 0 fully saturated rings. The molecule has 142 valence electrons. The van der Waals surface area contributed by atoms with Crippen molar-refractivity contribution >= 4 is 65.2 Å². The molecule has 2 aromatic heterocycles. The van der Waals surface area contributed by atoms with Crippen LogP contribution in [0, 0.1) is 0 Å². The minimum absolute atomic E-state index is 1.29. The number of rotatable bonds is 0. The number of aryl methyl sites for hydroxylation is 2. The van der Waals surface area contributed by atoms with Gasteiger partial charge in [-0.3, -0.25) is 0 Å². The Labute approximate surface area is 173 Å². The van der Waals surface area contributed by atoms with Crippen LogP contribution in [0.15, 0.2) is 84.9 Å². The summed E-state index contributed by atoms with van der Waals surface area (Å²) in [5, 5.41) is 10.5. The van der Waals surface area contributed by atoms with Crippen molar-refractivity contribution in [3.05, 3.63) is 84.9 Å². The fourth-order valence-electron chi connectivity index (χ4n) is 5.47. The van der Waals surface area contributed by atoms with Crippen LogP contribution in [0.4, 0.5) is 0 Å². The molecule has 0 aliphatic carbocycles. The first-order valence-electron chi connectivity index (χ1n) is 10.4. The zero-order valence-electron chi connectivity index (χ0n) is 17.0. The highest BCUT2D eigenvalue weighted by Gasteiger charge is 2.16. The Bertz CT molecular complexity index is 1680. The molecule has 7 aromatic rings. The van der Waals surface area contributed by atoms with Crippen LogP contribution in [-0.4, -0.2) is 9.13 Å². The SMILES string of the molecule is Cn1c2cc3c4ccc5ccccc5c4n(C)c3cc2c2ccc3ccccc3c21. The molecule has 0 saturated carbocycles. The van der Waals surface area contributed by atoms with E-state index in [0.29, 0.717) is 0 Å². The van der Waals surface area contributed by atoms with Crippen molar-refractivity contribution in [1.82, 2.24) is 9.13 Å². The Morgan fingerprint density at radius 1 is 0.433 bits per heavy atom. The van der Waals surface area contributed by atoms with Gasteiger partial charge in [-0.15, -0.1) is 0 Å². The lowest BCUT2D eigenvalue weighted by Crippen LogP contribution is -1.89. The molecule has 0 amide bonds. The Hall–Kier alpha value is -3.78. The van der Waals surface area contributed by atoms with Gasteiger partial charge in [0.15, 0.2) is 0 Å². The molecule has 5 aromatic carbocycles. The lowest BCUT2D eigenvalue weighted by atomic mass is 10.0. The van der Waals surface area contributed by atoms with Crippen LogP contribution in [-0.2, 0) is 14.1 Å². The number of hydrogen-bond acceptors (Lipinski definition) is 0. The molecule has 0 radical (unpaired) electrons. The molecular weight excluding hydrogens is 364 g/mol. The maximum atomic E-state index is 2.39. The number of hydrogen-bond donors (Lipinski definition) is 0. The van der Waals surface area contributed by atoms with Crippen molar-refractivity contribution < 1.29 is 0 Å². The third-order valence-corrected chi connectivity index (χ3v) is 6.89. The molecule has 0 aliphatic heterocycles. The molecule has 2 heteroatoms. The lowest BCUT2D eigenvalue weighted by molar-refractivity contribution is 1.01. The van der Waals surface area contributed by atoms with Crippen molar-refractivity contribution in [1.29, 1.82) is 0 Å². The molecule has 7 rings (SSSR count). The molecule has 0 N–H and O–H groups in total. The van der Waals surface area contributed by atoms with Gasteiger partial charge in [0.2, 0.25) is 0 Å². The van der Waals surface area contributed by atoms with E-state index in [1.165, 1.54) is 65.2 Å². The van der Waals surface area contributed by atoms with Gasteiger partial charge >= 0.3 is 0 Å². The van der Waals surface area contributed by atoms with E-state index in [1.54, 1.807) is 0 Å². The highest BCUT2D eigenvalue weighted by atomic mass is 15.0. The van der Waals surface area contributed by atoms with Crippen molar-refractivity contribution in [3.8, 4) is 0 Å². The molecule has 2 nitrogen and oxygen atoms in total. The predicted molar refractivity (Wildman–Crippen MR) is 129 cm³/mol. The van der Waals surface area contributed by atoms with Gasteiger partial charge in [-0.2, -0.15) is 0 Å². The topological polar surface area (TPSA) is 9.86 Å².